The number of ether oxygens (including phenoxy) is 4. The lowest BCUT2D eigenvalue weighted by Gasteiger charge is -2.21. The summed E-state index contributed by atoms with van der Waals surface area (Å²) in [6.45, 7) is 14.1. The maximum Gasteiger partial charge on any atom is 0.472 e. The Morgan fingerprint density at radius 3 is 0.780 bits per heavy atom. The van der Waals surface area contributed by atoms with Crippen molar-refractivity contribution in [1.82, 2.24) is 0 Å². The highest BCUT2D eigenvalue weighted by Crippen LogP contribution is 2.45. The van der Waals surface area contributed by atoms with E-state index in [0.717, 1.165) is 114 Å². The number of hydrogen-bond acceptors (Lipinski definition) is 15. The molecule has 0 aromatic heterocycles. The minimum atomic E-state index is -4.95. The van der Waals surface area contributed by atoms with E-state index in [9.17, 15) is 43.2 Å². The van der Waals surface area contributed by atoms with Gasteiger partial charge in [0, 0.05) is 25.7 Å². The van der Waals surface area contributed by atoms with Crippen molar-refractivity contribution in [2.45, 2.75) is 375 Å². The molecule has 0 bridgehead atoms. The first-order chi connectivity index (χ1) is 43.7. The number of phosphoric acid groups is 2. The molecule has 0 rings (SSSR count). The Morgan fingerprint density at radius 1 is 0.308 bits per heavy atom. The summed E-state index contributed by atoms with van der Waals surface area (Å²) in [6.07, 6.45) is 44.5. The summed E-state index contributed by atoms with van der Waals surface area (Å²) in [7, 11) is -9.91. The normalized spacial score (nSPS) is 14.8. The van der Waals surface area contributed by atoms with Crippen LogP contribution >= 0.6 is 15.6 Å². The molecule has 0 saturated carbocycles. The van der Waals surface area contributed by atoms with Gasteiger partial charge in [0.25, 0.3) is 0 Å². The molecule has 0 saturated heterocycles. The Kier molecular flexibility index (Phi) is 60.3. The second-order valence-corrected chi connectivity index (χ2v) is 30.3. The molecule has 0 aromatic rings. The highest BCUT2D eigenvalue weighted by molar-refractivity contribution is 7.47. The van der Waals surface area contributed by atoms with Crippen LogP contribution in [0.3, 0.4) is 0 Å². The van der Waals surface area contributed by atoms with Gasteiger partial charge < -0.3 is 33.8 Å². The van der Waals surface area contributed by atoms with Gasteiger partial charge in [-0.25, -0.2) is 9.13 Å². The lowest BCUT2D eigenvalue weighted by molar-refractivity contribution is -0.161. The standard InChI is InChI=1S/C72H140O17P2/c1-9-64(7)50-42-34-26-20-15-13-11-12-14-16-22-28-38-46-54-71(76)88-68(59-83-70(75)53-45-37-31-30-35-43-51-65(8)10-2)61-87-91(80,81)85-57-66(73)56-84-90(78,79)86-60-67(89-72(77)55-47-39-29-23-25-33-41-49-63(5)6)58-82-69(74)52-44-36-27-21-18-17-19-24-32-40-48-62(3)4/h62-68,73H,9-61H2,1-8H3,(H,78,79)(H,80,81)/t64?,65?,66-,67-,68-/m1/s1. The van der Waals surface area contributed by atoms with Crippen molar-refractivity contribution in [3.63, 3.8) is 0 Å². The van der Waals surface area contributed by atoms with Crippen LogP contribution in [0.5, 0.6) is 0 Å². The molecule has 0 aliphatic rings. The average molecular weight is 1340 g/mol. The summed E-state index contributed by atoms with van der Waals surface area (Å²) in [4.78, 5) is 72.6. The van der Waals surface area contributed by atoms with Crippen LogP contribution in [0.1, 0.15) is 357 Å². The van der Waals surface area contributed by atoms with Gasteiger partial charge >= 0.3 is 39.5 Å². The van der Waals surface area contributed by atoms with Crippen LogP contribution in [-0.4, -0.2) is 96.7 Å². The number of carbonyl (C=O) groups is 4. The Balaban J connectivity index is 5.22. The first-order valence-electron chi connectivity index (χ1n) is 37.3. The quantitative estimate of drug-likeness (QED) is 0.0222. The molecular weight excluding hydrogens is 1200 g/mol. The average Bonchev–Trinajstić information content (AvgIpc) is 3.28. The highest BCUT2D eigenvalue weighted by atomic mass is 31.2. The fourth-order valence-corrected chi connectivity index (χ4v) is 12.4. The monoisotopic (exact) mass is 1340 g/mol. The van der Waals surface area contributed by atoms with E-state index in [4.69, 9.17) is 37.0 Å². The zero-order chi connectivity index (χ0) is 67.5. The maximum absolute atomic E-state index is 13.0. The van der Waals surface area contributed by atoms with E-state index in [1.165, 1.54) is 154 Å². The molecule has 0 spiro atoms. The molecule has 0 radical (unpaired) electrons. The topological polar surface area (TPSA) is 237 Å². The molecule has 0 aromatic carbocycles. The van der Waals surface area contributed by atoms with E-state index in [-0.39, 0.29) is 25.7 Å². The van der Waals surface area contributed by atoms with Gasteiger partial charge in [-0.2, -0.15) is 0 Å². The van der Waals surface area contributed by atoms with E-state index in [1.807, 2.05) is 0 Å². The maximum atomic E-state index is 13.0. The zero-order valence-corrected chi connectivity index (χ0v) is 61.3. The summed E-state index contributed by atoms with van der Waals surface area (Å²) in [5.74, 6) is 0.901. The van der Waals surface area contributed by atoms with Crippen LogP contribution in [0.4, 0.5) is 0 Å². The van der Waals surface area contributed by atoms with Gasteiger partial charge in [-0.15, -0.1) is 0 Å². The summed E-state index contributed by atoms with van der Waals surface area (Å²) in [6, 6.07) is 0. The summed E-state index contributed by atoms with van der Waals surface area (Å²) < 4.78 is 68.3. The smallest absolute Gasteiger partial charge is 0.462 e. The number of esters is 4. The van der Waals surface area contributed by atoms with E-state index in [2.05, 4.69) is 55.4 Å². The number of carbonyl (C=O) groups excluding carboxylic acids is 4. The number of rotatable bonds is 69. The molecule has 0 amide bonds. The molecule has 4 unspecified atom stereocenters. The van der Waals surface area contributed by atoms with Crippen LogP contribution in [0.25, 0.3) is 0 Å². The highest BCUT2D eigenvalue weighted by Gasteiger charge is 2.30. The minimum Gasteiger partial charge on any atom is -0.462 e. The number of hydrogen-bond donors (Lipinski definition) is 3. The van der Waals surface area contributed by atoms with E-state index >= 15 is 0 Å². The zero-order valence-electron chi connectivity index (χ0n) is 59.5. The molecule has 7 atom stereocenters. The predicted octanol–water partition coefficient (Wildman–Crippen LogP) is 20.5. The Morgan fingerprint density at radius 2 is 0.527 bits per heavy atom. The van der Waals surface area contributed by atoms with Crippen LogP contribution in [0.2, 0.25) is 0 Å². The summed E-state index contributed by atoms with van der Waals surface area (Å²) >= 11 is 0. The molecule has 0 aliphatic heterocycles. The van der Waals surface area contributed by atoms with Gasteiger partial charge in [-0.3, -0.25) is 37.3 Å². The third-order valence-electron chi connectivity index (χ3n) is 17.3. The lowest BCUT2D eigenvalue weighted by atomic mass is 9.99. The molecule has 0 fully saturated rings. The molecule has 19 heteroatoms. The van der Waals surface area contributed by atoms with Crippen molar-refractivity contribution >= 4 is 39.5 Å². The summed E-state index contributed by atoms with van der Waals surface area (Å²) in [5.41, 5.74) is 0. The first kappa shape index (κ1) is 89.1. The van der Waals surface area contributed by atoms with Crippen molar-refractivity contribution in [1.29, 1.82) is 0 Å². The van der Waals surface area contributed by atoms with Gasteiger partial charge in [-0.1, -0.05) is 306 Å². The number of aliphatic hydroxyl groups is 1. The van der Waals surface area contributed by atoms with Gasteiger partial charge in [0.05, 0.1) is 26.4 Å². The molecule has 0 heterocycles. The molecule has 3 N–H and O–H groups in total. The summed E-state index contributed by atoms with van der Waals surface area (Å²) in [5, 5.41) is 10.6. The van der Waals surface area contributed by atoms with E-state index in [0.29, 0.717) is 31.6 Å². The minimum absolute atomic E-state index is 0.103. The van der Waals surface area contributed by atoms with Crippen LogP contribution in [-0.2, 0) is 65.4 Å². The van der Waals surface area contributed by atoms with Crippen molar-refractivity contribution < 1.29 is 80.2 Å². The third-order valence-corrected chi connectivity index (χ3v) is 19.2. The van der Waals surface area contributed by atoms with Crippen molar-refractivity contribution in [3.8, 4) is 0 Å². The van der Waals surface area contributed by atoms with Gasteiger partial charge in [0.15, 0.2) is 12.2 Å². The molecule has 91 heavy (non-hydrogen) atoms. The Labute approximate surface area is 556 Å². The van der Waals surface area contributed by atoms with Crippen LogP contribution in [0.15, 0.2) is 0 Å². The van der Waals surface area contributed by atoms with Gasteiger partial charge in [0.2, 0.25) is 0 Å². The SMILES string of the molecule is CCC(C)CCCCCCCCCCCCCCCCC(=O)O[C@H](COC(=O)CCCCCCCCC(C)CC)COP(=O)(O)OC[C@H](O)COP(=O)(O)OC[C@@H](COC(=O)CCCCCCCCCCCCC(C)C)OC(=O)CCCCCCCCCC(C)C. The van der Waals surface area contributed by atoms with E-state index < -0.39 is 97.5 Å². The molecule has 17 nitrogen and oxygen atoms in total. The molecule has 0 aliphatic carbocycles. The lowest BCUT2D eigenvalue weighted by Crippen LogP contribution is -2.30. The Bertz CT molecular complexity index is 1800. The largest absolute Gasteiger partial charge is 0.472 e. The van der Waals surface area contributed by atoms with Gasteiger partial charge in [-0.05, 0) is 49.4 Å². The van der Waals surface area contributed by atoms with Gasteiger partial charge in [0.1, 0.15) is 19.3 Å². The molecular formula is C72H140O17P2. The van der Waals surface area contributed by atoms with Crippen molar-refractivity contribution in [3.05, 3.63) is 0 Å². The van der Waals surface area contributed by atoms with Crippen LogP contribution in [0, 0.1) is 23.7 Å². The third kappa shape index (κ3) is 63.9. The second kappa shape index (κ2) is 61.6. The van der Waals surface area contributed by atoms with Crippen molar-refractivity contribution in [2.75, 3.05) is 39.6 Å². The predicted molar refractivity (Wildman–Crippen MR) is 367 cm³/mol. The fourth-order valence-electron chi connectivity index (χ4n) is 10.8. The number of unbranched alkanes of at least 4 members (excludes halogenated alkanes) is 33. The Hall–Kier alpha value is -1.94. The number of aliphatic hydroxyl groups excluding tert-OH is 1. The van der Waals surface area contributed by atoms with E-state index in [1.54, 1.807) is 0 Å². The second-order valence-electron chi connectivity index (χ2n) is 27.4. The van der Waals surface area contributed by atoms with Crippen LogP contribution < -0.4 is 0 Å². The molecule has 540 valence electrons. The first-order valence-corrected chi connectivity index (χ1v) is 40.3. The fraction of sp³-hybridized carbons (Fsp3) is 0.944. The van der Waals surface area contributed by atoms with Crippen molar-refractivity contribution in [2.24, 2.45) is 23.7 Å². The number of phosphoric ester groups is 2.